The van der Waals surface area contributed by atoms with Crippen LogP contribution in [-0.4, -0.2) is 92.4 Å². The van der Waals surface area contributed by atoms with E-state index in [-0.39, 0.29) is 29.8 Å². The minimum Gasteiger partial charge on any atom is -0.465 e. The van der Waals surface area contributed by atoms with Gasteiger partial charge in [-0.15, -0.1) is 0 Å². The van der Waals surface area contributed by atoms with Crippen molar-refractivity contribution in [2.75, 3.05) is 38.2 Å². The predicted octanol–water partition coefficient (Wildman–Crippen LogP) is 5.12. The lowest BCUT2D eigenvalue weighted by molar-refractivity contribution is -0.258. The Balaban J connectivity index is 1.18. The van der Waals surface area contributed by atoms with Crippen LogP contribution in [0.25, 0.3) is 0 Å². The monoisotopic (exact) mass is 994 g/mol. The molecule has 1 saturated heterocycles. The topological polar surface area (TPSA) is 218 Å². The summed E-state index contributed by atoms with van der Waals surface area (Å²) >= 11 is 0. The summed E-state index contributed by atoms with van der Waals surface area (Å²) in [6.07, 6.45) is 1.12. The molecule has 0 N–H and O–H groups in total. The molecule has 4 aromatic rings. The van der Waals surface area contributed by atoms with Crippen molar-refractivity contribution in [1.82, 2.24) is 9.80 Å². The van der Waals surface area contributed by atoms with Gasteiger partial charge in [0.2, 0.25) is 11.2 Å². The average molecular weight is 995 g/mol. The van der Waals surface area contributed by atoms with E-state index in [0.29, 0.717) is 22.5 Å². The summed E-state index contributed by atoms with van der Waals surface area (Å²) in [7, 11) is 4.41. The molecule has 1 aliphatic carbocycles. The number of carbonyl (C=O) groups is 6. The lowest BCUT2D eigenvalue weighted by Crippen LogP contribution is -2.75. The Morgan fingerprint density at radius 2 is 1.11 bits per heavy atom. The fraction of sp³-hybridized carbons (Fsp3) is 0.286. The second-order valence-electron chi connectivity index (χ2n) is 19.0. The maximum absolute atomic E-state index is 15.9. The van der Waals surface area contributed by atoms with Gasteiger partial charge in [0, 0.05) is 34.7 Å². The zero-order valence-corrected chi connectivity index (χ0v) is 40.9. The van der Waals surface area contributed by atoms with Crippen LogP contribution in [0.4, 0.5) is 11.4 Å². The van der Waals surface area contributed by atoms with E-state index < -0.39 is 105 Å². The summed E-state index contributed by atoms with van der Waals surface area (Å²) in [5.41, 5.74) is -4.85. The zero-order valence-electron chi connectivity index (χ0n) is 40.9. The molecule has 7 aliphatic heterocycles. The Morgan fingerprint density at radius 1 is 0.635 bits per heavy atom. The van der Waals surface area contributed by atoms with Gasteiger partial charge in [-0.1, -0.05) is 96.1 Å². The zero-order chi connectivity index (χ0) is 52.2. The van der Waals surface area contributed by atoms with Gasteiger partial charge in [0.1, 0.15) is 40.4 Å². The van der Waals surface area contributed by atoms with Crippen LogP contribution in [0.3, 0.4) is 0 Å². The number of rotatable bonds is 8. The molecular formula is C56H46N6O12. The summed E-state index contributed by atoms with van der Waals surface area (Å²) in [6.45, 7) is 3.58. The van der Waals surface area contributed by atoms with Gasteiger partial charge in [0.05, 0.1) is 71.1 Å². The minimum atomic E-state index is -2.47. The molecule has 372 valence electrons. The van der Waals surface area contributed by atoms with E-state index in [0.717, 1.165) is 39.6 Å². The van der Waals surface area contributed by atoms with Gasteiger partial charge >= 0.3 is 23.9 Å². The standard InChI is InChI=1S/C56H46N6O12/c1-30-17-19-37-35(23-30)55(52(67)60(37)27-32-13-9-7-10-14-32)42(48(63)69-3)44(50(65)71-5)59-22-21-54(29-58)39-25-34(26-57)40(41(54)47(59)74-55)46-62(39)45(51(66)72-6)43(49(64)70-4)56(73-46)36-24-31(2)18-20-38(36)61(53(56)68)28-33-15-11-8-12-16-33/h7-25,39-41,46-47H,27-28H2,1-6H3. The first kappa shape index (κ1) is 47.5. The van der Waals surface area contributed by atoms with Gasteiger partial charge in [0.25, 0.3) is 11.8 Å². The fourth-order valence-corrected chi connectivity index (χ4v) is 12.3. The number of hydrogen-bond acceptors (Lipinski definition) is 16. The Morgan fingerprint density at radius 3 is 1.58 bits per heavy atom. The molecule has 18 heteroatoms. The molecule has 74 heavy (non-hydrogen) atoms. The third-order valence-corrected chi connectivity index (χ3v) is 15.4. The maximum atomic E-state index is 15.9. The Kier molecular flexibility index (Phi) is 11.0. The Hall–Kier alpha value is -8.84. The minimum absolute atomic E-state index is 0.00308. The molecule has 8 unspecified atom stereocenters. The molecule has 2 amide bonds. The van der Waals surface area contributed by atoms with Crippen LogP contribution in [-0.2, 0) is 81.5 Å². The number of nitriles is 2. The average Bonchev–Trinajstić information content (AvgIpc) is 3.84. The number of nitrogens with zero attached hydrogens (tertiary/aromatic N) is 6. The van der Waals surface area contributed by atoms with Crippen molar-refractivity contribution in [1.29, 1.82) is 10.5 Å². The van der Waals surface area contributed by atoms with Gasteiger partial charge in [-0.2, -0.15) is 10.5 Å². The number of hydrogen-bond donors (Lipinski definition) is 0. The highest BCUT2D eigenvalue weighted by atomic mass is 16.6. The van der Waals surface area contributed by atoms with E-state index in [1.165, 1.54) is 38.0 Å². The largest absolute Gasteiger partial charge is 0.465 e. The first-order chi connectivity index (χ1) is 35.7. The first-order valence-electron chi connectivity index (χ1n) is 23.6. The van der Waals surface area contributed by atoms with Crippen molar-refractivity contribution in [2.24, 2.45) is 17.3 Å². The van der Waals surface area contributed by atoms with Crippen LogP contribution in [0.15, 0.2) is 144 Å². The highest BCUT2D eigenvalue weighted by molar-refractivity contribution is 6.18. The summed E-state index contributed by atoms with van der Waals surface area (Å²) in [5, 5.41) is 23.1. The van der Waals surface area contributed by atoms with Crippen molar-refractivity contribution in [3.63, 3.8) is 0 Å². The van der Waals surface area contributed by atoms with E-state index in [9.17, 15) is 29.7 Å². The lowest BCUT2D eigenvalue weighted by Gasteiger charge is -2.65. The molecular weight excluding hydrogens is 949 g/mol. The van der Waals surface area contributed by atoms with Crippen LogP contribution in [0, 0.1) is 53.8 Å². The number of aryl methyl sites for hydroxylation is 2. The van der Waals surface area contributed by atoms with Crippen molar-refractivity contribution >= 4 is 47.1 Å². The first-order valence-corrected chi connectivity index (χ1v) is 23.6. The molecule has 0 aromatic heterocycles. The number of ether oxygens (including phenoxy) is 6. The molecule has 7 heterocycles. The van der Waals surface area contributed by atoms with Crippen LogP contribution >= 0.6 is 0 Å². The fourth-order valence-electron chi connectivity index (χ4n) is 12.3. The molecule has 0 saturated carbocycles. The van der Waals surface area contributed by atoms with Crippen LogP contribution in [0.2, 0.25) is 0 Å². The molecule has 4 aromatic carbocycles. The normalized spacial score (nSPS) is 27.7. The second-order valence-corrected chi connectivity index (χ2v) is 19.0. The number of amides is 2. The third kappa shape index (κ3) is 6.21. The summed E-state index contributed by atoms with van der Waals surface area (Å²) in [6, 6.07) is 32.0. The highest BCUT2D eigenvalue weighted by Gasteiger charge is 2.75. The number of carbonyl (C=O) groups excluding carboxylic acids is 6. The predicted molar refractivity (Wildman–Crippen MR) is 258 cm³/mol. The van der Waals surface area contributed by atoms with E-state index in [2.05, 4.69) is 12.1 Å². The third-order valence-electron chi connectivity index (χ3n) is 15.4. The van der Waals surface area contributed by atoms with Gasteiger partial charge in [-0.25, -0.2) is 19.2 Å². The van der Waals surface area contributed by atoms with E-state index in [1.807, 2.05) is 60.7 Å². The lowest BCUT2D eigenvalue weighted by atomic mass is 9.53. The summed E-state index contributed by atoms with van der Waals surface area (Å²) in [5.74, 6) is -8.65. The van der Waals surface area contributed by atoms with Gasteiger partial charge in [0.15, 0.2) is 0 Å². The smallest absolute Gasteiger partial charge is 0.355 e. The highest BCUT2D eigenvalue weighted by Crippen LogP contribution is 2.66. The number of anilines is 2. The summed E-state index contributed by atoms with van der Waals surface area (Å²) < 4.78 is 36.4. The van der Waals surface area contributed by atoms with Crippen molar-refractivity contribution in [3.05, 3.63) is 177 Å². The molecule has 2 spiro atoms. The molecule has 12 rings (SSSR count). The van der Waals surface area contributed by atoms with E-state index >= 15 is 9.59 Å². The summed E-state index contributed by atoms with van der Waals surface area (Å²) in [4.78, 5) is 96.0. The van der Waals surface area contributed by atoms with Crippen LogP contribution in [0.5, 0.6) is 0 Å². The molecule has 2 bridgehead atoms. The Bertz CT molecular complexity index is 3390. The number of benzene rings is 4. The van der Waals surface area contributed by atoms with E-state index in [1.54, 1.807) is 50.2 Å². The molecule has 0 radical (unpaired) electrons. The number of piperidine rings is 1. The quantitative estimate of drug-likeness (QED) is 0.165. The van der Waals surface area contributed by atoms with Gasteiger partial charge in [-0.3, -0.25) is 9.59 Å². The second kappa shape index (κ2) is 17.2. The van der Waals surface area contributed by atoms with Crippen molar-refractivity contribution in [3.8, 4) is 12.1 Å². The van der Waals surface area contributed by atoms with Crippen molar-refractivity contribution in [2.45, 2.75) is 56.6 Å². The number of methoxy groups -OCH3 is 4. The number of fused-ring (bicyclic) bond motifs is 5. The Labute approximate surface area is 424 Å². The van der Waals surface area contributed by atoms with Crippen molar-refractivity contribution < 1.29 is 57.2 Å². The van der Waals surface area contributed by atoms with Gasteiger partial charge < -0.3 is 48.0 Å². The molecule has 8 atom stereocenters. The maximum Gasteiger partial charge on any atom is 0.355 e. The molecule has 1 fully saturated rings. The molecule has 8 aliphatic rings. The molecule has 18 nitrogen and oxygen atoms in total. The van der Waals surface area contributed by atoms with E-state index in [4.69, 9.17) is 28.4 Å². The SMILES string of the molecule is COC(=O)C1=C(C(=O)OC)C2(OC3C4C5C(C#N)=CC(N6C(C(=O)OC)=C(C(=O)OC)C7(OC56)C(=O)N(Cc5ccccc5)c5ccc(C)cc57)C4(C#N)C=CN13)C(=O)N(Cc1ccccc1)c1ccc(C)cc12. The van der Waals surface area contributed by atoms with Gasteiger partial charge in [-0.05, 0) is 49.3 Å². The number of esters is 4. The van der Waals surface area contributed by atoms with Crippen LogP contribution in [0.1, 0.15) is 33.4 Å². The van der Waals surface area contributed by atoms with Crippen LogP contribution < -0.4 is 9.80 Å².